The van der Waals surface area contributed by atoms with Crippen LogP contribution < -0.4 is 15.8 Å². The molecule has 4 amide bonds. The standard InChI is InChI=1S/C17H22N4O5S/c1-10(11-3-7-13(8-4-11)27(18,25)26)19-14(22)9-21-15(23)17(2,12-5-6-12)20-16(21)24/h3-4,7-8,10,12H,5-6,9H2,1-2H3,(H,19,22)(H,20,24)(H2,18,25,26)/t10-,17+/m0/s1. The van der Waals surface area contributed by atoms with E-state index in [9.17, 15) is 22.8 Å². The Kier molecular flexibility index (Phi) is 4.73. The number of hydrogen-bond acceptors (Lipinski definition) is 5. The fourth-order valence-corrected chi connectivity index (χ4v) is 3.77. The lowest BCUT2D eigenvalue weighted by molar-refractivity contribution is -0.135. The van der Waals surface area contributed by atoms with Gasteiger partial charge in [0.2, 0.25) is 15.9 Å². The van der Waals surface area contributed by atoms with E-state index in [1.807, 2.05) is 0 Å². The molecular formula is C17H22N4O5S. The van der Waals surface area contributed by atoms with Gasteiger partial charge in [-0.25, -0.2) is 18.4 Å². The quantitative estimate of drug-likeness (QED) is 0.593. The smallest absolute Gasteiger partial charge is 0.325 e. The van der Waals surface area contributed by atoms with Gasteiger partial charge < -0.3 is 10.6 Å². The molecule has 1 aromatic carbocycles. The largest absolute Gasteiger partial charge is 0.348 e. The summed E-state index contributed by atoms with van der Waals surface area (Å²) in [4.78, 5) is 37.8. The number of carbonyl (C=O) groups is 3. The molecular weight excluding hydrogens is 372 g/mol. The molecule has 2 fully saturated rings. The maximum Gasteiger partial charge on any atom is 0.325 e. The Labute approximate surface area is 157 Å². The zero-order valence-electron chi connectivity index (χ0n) is 15.1. The first kappa shape index (κ1) is 19.3. The molecule has 3 rings (SSSR count). The fourth-order valence-electron chi connectivity index (χ4n) is 3.26. The van der Waals surface area contributed by atoms with Gasteiger partial charge in [-0.1, -0.05) is 12.1 Å². The number of carbonyl (C=O) groups excluding carboxylic acids is 3. The Morgan fingerprint density at radius 2 is 1.93 bits per heavy atom. The van der Waals surface area contributed by atoms with Gasteiger partial charge >= 0.3 is 6.03 Å². The Morgan fingerprint density at radius 3 is 2.44 bits per heavy atom. The topological polar surface area (TPSA) is 139 Å². The van der Waals surface area contributed by atoms with E-state index >= 15 is 0 Å². The average Bonchev–Trinajstić information content (AvgIpc) is 3.40. The van der Waals surface area contributed by atoms with Gasteiger partial charge in [0.05, 0.1) is 10.9 Å². The highest BCUT2D eigenvalue weighted by molar-refractivity contribution is 7.89. The number of rotatable bonds is 6. The monoisotopic (exact) mass is 394 g/mol. The number of sulfonamides is 1. The third-order valence-corrected chi connectivity index (χ3v) is 6.01. The Bertz CT molecular complexity index is 894. The zero-order chi connectivity index (χ0) is 20.0. The second-order valence-corrected chi connectivity index (χ2v) is 8.76. The molecule has 1 aromatic rings. The minimum atomic E-state index is -3.79. The molecule has 1 aliphatic carbocycles. The van der Waals surface area contributed by atoms with Gasteiger partial charge in [0.15, 0.2) is 0 Å². The molecule has 2 atom stereocenters. The highest BCUT2D eigenvalue weighted by Gasteiger charge is 2.56. The zero-order valence-corrected chi connectivity index (χ0v) is 15.9. The first-order valence-electron chi connectivity index (χ1n) is 8.58. The van der Waals surface area contributed by atoms with Crippen LogP contribution in [0.4, 0.5) is 4.79 Å². The van der Waals surface area contributed by atoms with Crippen molar-refractivity contribution in [1.82, 2.24) is 15.5 Å². The Hall–Kier alpha value is -2.46. The van der Waals surface area contributed by atoms with Gasteiger partial charge in [0.25, 0.3) is 5.91 Å². The lowest BCUT2D eigenvalue weighted by Crippen LogP contribution is -2.47. The van der Waals surface area contributed by atoms with Crippen molar-refractivity contribution in [2.45, 2.75) is 43.2 Å². The normalized spacial score (nSPS) is 23.9. The summed E-state index contributed by atoms with van der Waals surface area (Å²) in [5, 5.41) is 10.4. The molecule has 146 valence electrons. The summed E-state index contributed by atoms with van der Waals surface area (Å²) in [6.45, 7) is 3.04. The summed E-state index contributed by atoms with van der Waals surface area (Å²) in [6, 6.07) is 4.79. The van der Waals surface area contributed by atoms with Gasteiger partial charge in [0.1, 0.15) is 12.1 Å². The molecule has 10 heteroatoms. The lowest BCUT2D eigenvalue weighted by Gasteiger charge is -2.21. The van der Waals surface area contributed by atoms with Crippen molar-refractivity contribution in [3.8, 4) is 0 Å². The van der Waals surface area contributed by atoms with Crippen LogP contribution in [0.5, 0.6) is 0 Å². The number of imide groups is 1. The lowest BCUT2D eigenvalue weighted by atomic mass is 9.96. The second kappa shape index (κ2) is 6.61. The van der Waals surface area contributed by atoms with E-state index < -0.39 is 33.5 Å². The number of nitrogens with zero attached hydrogens (tertiary/aromatic N) is 1. The van der Waals surface area contributed by atoms with Crippen LogP contribution in [0.1, 0.15) is 38.3 Å². The maximum atomic E-state index is 12.5. The van der Waals surface area contributed by atoms with E-state index in [0.717, 1.165) is 17.7 Å². The number of hydrogen-bond donors (Lipinski definition) is 3. The summed E-state index contributed by atoms with van der Waals surface area (Å²) in [5.41, 5.74) is -0.261. The molecule has 0 radical (unpaired) electrons. The summed E-state index contributed by atoms with van der Waals surface area (Å²) in [7, 11) is -3.79. The van der Waals surface area contributed by atoms with Crippen LogP contribution in [-0.2, 0) is 19.6 Å². The number of amides is 4. The van der Waals surface area contributed by atoms with Crippen LogP contribution in [0.15, 0.2) is 29.2 Å². The number of primary sulfonamides is 1. The third-order valence-electron chi connectivity index (χ3n) is 5.08. The van der Waals surface area contributed by atoms with E-state index in [1.54, 1.807) is 26.0 Å². The number of urea groups is 1. The number of nitrogens with one attached hydrogen (secondary N) is 2. The molecule has 1 aliphatic heterocycles. The molecule has 0 aromatic heterocycles. The molecule has 1 saturated carbocycles. The molecule has 0 unspecified atom stereocenters. The van der Waals surface area contributed by atoms with Crippen molar-refractivity contribution in [2.24, 2.45) is 11.1 Å². The molecule has 27 heavy (non-hydrogen) atoms. The summed E-state index contributed by atoms with van der Waals surface area (Å²) in [5.74, 6) is -0.741. The van der Waals surface area contributed by atoms with Crippen molar-refractivity contribution >= 4 is 27.9 Å². The predicted molar refractivity (Wildman–Crippen MR) is 95.7 cm³/mol. The van der Waals surface area contributed by atoms with E-state index in [1.165, 1.54) is 12.1 Å². The van der Waals surface area contributed by atoms with Crippen molar-refractivity contribution in [2.75, 3.05) is 6.54 Å². The summed E-state index contributed by atoms with van der Waals surface area (Å²) < 4.78 is 22.6. The second-order valence-electron chi connectivity index (χ2n) is 7.20. The predicted octanol–water partition coefficient (Wildman–Crippen LogP) is 0.232. The van der Waals surface area contributed by atoms with Crippen LogP contribution in [0.2, 0.25) is 0 Å². The highest BCUT2D eigenvalue weighted by atomic mass is 32.2. The fraction of sp³-hybridized carbons (Fsp3) is 0.471. The minimum absolute atomic E-state index is 0.0246. The van der Waals surface area contributed by atoms with Gasteiger partial charge in [-0.05, 0) is 50.3 Å². The van der Waals surface area contributed by atoms with E-state index in [2.05, 4.69) is 10.6 Å². The molecule has 2 aliphatic rings. The van der Waals surface area contributed by atoms with Crippen molar-refractivity contribution in [3.63, 3.8) is 0 Å². The Balaban J connectivity index is 1.62. The van der Waals surface area contributed by atoms with Gasteiger partial charge in [0, 0.05) is 0 Å². The SMILES string of the molecule is C[C@H](NC(=O)CN1C(=O)N[C@](C)(C2CC2)C1=O)c1ccc(S(N)(=O)=O)cc1. The molecule has 9 nitrogen and oxygen atoms in total. The summed E-state index contributed by atoms with van der Waals surface area (Å²) in [6.07, 6.45) is 1.77. The van der Waals surface area contributed by atoms with E-state index in [-0.39, 0.29) is 23.3 Å². The maximum absolute atomic E-state index is 12.5. The highest BCUT2D eigenvalue weighted by Crippen LogP contribution is 2.42. The van der Waals surface area contributed by atoms with E-state index in [4.69, 9.17) is 5.14 Å². The molecule has 1 heterocycles. The van der Waals surface area contributed by atoms with E-state index in [0.29, 0.717) is 5.56 Å². The van der Waals surface area contributed by atoms with Crippen molar-refractivity contribution in [1.29, 1.82) is 0 Å². The van der Waals surface area contributed by atoms with Crippen LogP contribution >= 0.6 is 0 Å². The Morgan fingerprint density at radius 1 is 1.33 bits per heavy atom. The van der Waals surface area contributed by atoms with Crippen LogP contribution in [-0.4, -0.2) is 43.2 Å². The molecule has 4 N–H and O–H groups in total. The number of benzene rings is 1. The first-order chi connectivity index (χ1) is 12.5. The van der Waals surface area contributed by atoms with Crippen molar-refractivity contribution in [3.05, 3.63) is 29.8 Å². The average molecular weight is 394 g/mol. The molecule has 1 saturated heterocycles. The van der Waals surface area contributed by atoms with Crippen molar-refractivity contribution < 1.29 is 22.8 Å². The van der Waals surface area contributed by atoms with Gasteiger partial charge in [-0.15, -0.1) is 0 Å². The summed E-state index contributed by atoms with van der Waals surface area (Å²) >= 11 is 0. The molecule has 0 bridgehead atoms. The molecule has 0 spiro atoms. The first-order valence-corrected chi connectivity index (χ1v) is 10.1. The third kappa shape index (κ3) is 3.81. The number of nitrogens with two attached hydrogens (primary N) is 1. The van der Waals surface area contributed by atoms with Crippen LogP contribution in [0.3, 0.4) is 0 Å². The van der Waals surface area contributed by atoms with Crippen LogP contribution in [0.25, 0.3) is 0 Å². The van der Waals surface area contributed by atoms with Crippen LogP contribution in [0, 0.1) is 5.92 Å². The minimum Gasteiger partial charge on any atom is -0.348 e. The van der Waals surface area contributed by atoms with Gasteiger partial charge in [-0.3, -0.25) is 14.5 Å². The van der Waals surface area contributed by atoms with Gasteiger partial charge in [-0.2, -0.15) is 0 Å².